The predicted molar refractivity (Wildman–Crippen MR) is 99.4 cm³/mol. The van der Waals surface area contributed by atoms with Crippen LogP contribution >= 0.6 is 0 Å². The lowest BCUT2D eigenvalue weighted by Gasteiger charge is -2.35. The molecule has 26 heavy (non-hydrogen) atoms. The van der Waals surface area contributed by atoms with Gasteiger partial charge in [0.2, 0.25) is 5.91 Å². The van der Waals surface area contributed by atoms with Crippen LogP contribution in [-0.2, 0) is 16.0 Å². The number of hydrogen-bond acceptors (Lipinski definition) is 3. The van der Waals surface area contributed by atoms with E-state index >= 15 is 0 Å². The molecule has 0 aliphatic carbocycles. The van der Waals surface area contributed by atoms with Crippen LogP contribution in [0.4, 0.5) is 4.39 Å². The molecule has 1 fully saturated rings. The van der Waals surface area contributed by atoms with Crippen molar-refractivity contribution in [1.82, 2.24) is 10.2 Å². The first kappa shape index (κ1) is 18.5. The molecule has 1 N–H and O–H groups in total. The Kier molecular flexibility index (Phi) is 6.36. The highest BCUT2D eigenvalue weighted by Gasteiger charge is 2.23. The zero-order valence-corrected chi connectivity index (χ0v) is 15.1. The molecule has 2 aromatic rings. The van der Waals surface area contributed by atoms with E-state index in [0.717, 1.165) is 24.2 Å². The van der Waals surface area contributed by atoms with Crippen molar-refractivity contribution in [3.8, 4) is 0 Å². The van der Waals surface area contributed by atoms with Crippen molar-refractivity contribution < 1.29 is 13.9 Å². The van der Waals surface area contributed by atoms with E-state index in [-0.39, 0.29) is 17.8 Å². The molecular weight excluding hydrogens is 331 g/mol. The topological polar surface area (TPSA) is 41.6 Å². The molecule has 0 unspecified atom stereocenters. The van der Waals surface area contributed by atoms with Gasteiger partial charge in [-0.1, -0.05) is 42.0 Å². The van der Waals surface area contributed by atoms with Gasteiger partial charge in [0.05, 0.1) is 25.7 Å². The third-order valence-corrected chi connectivity index (χ3v) is 4.72. The molecule has 4 nitrogen and oxygen atoms in total. The number of ether oxygens (including phenoxy) is 1. The fraction of sp³-hybridized carbons (Fsp3) is 0.381. The summed E-state index contributed by atoms with van der Waals surface area (Å²) < 4.78 is 18.7. The lowest BCUT2D eigenvalue weighted by Crippen LogP contribution is -2.44. The second-order valence-corrected chi connectivity index (χ2v) is 6.68. The van der Waals surface area contributed by atoms with Gasteiger partial charge in [0.1, 0.15) is 5.82 Å². The van der Waals surface area contributed by atoms with Crippen molar-refractivity contribution in [3.63, 3.8) is 0 Å². The fourth-order valence-electron chi connectivity index (χ4n) is 3.20. The number of amides is 1. The van der Waals surface area contributed by atoms with Crippen LogP contribution in [0.1, 0.15) is 22.7 Å². The Morgan fingerprint density at radius 1 is 1.12 bits per heavy atom. The van der Waals surface area contributed by atoms with Gasteiger partial charge in [-0.05, 0) is 30.2 Å². The molecule has 5 heteroatoms. The first-order valence-electron chi connectivity index (χ1n) is 9.01. The third kappa shape index (κ3) is 5.13. The molecule has 1 saturated heterocycles. The normalized spacial score (nSPS) is 16.2. The molecule has 1 atom stereocenters. The minimum atomic E-state index is -0.252. The van der Waals surface area contributed by atoms with Crippen LogP contribution in [-0.4, -0.2) is 43.7 Å². The van der Waals surface area contributed by atoms with E-state index in [1.54, 1.807) is 12.1 Å². The number of rotatable bonds is 6. The van der Waals surface area contributed by atoms with Gasteiger partial charge in [-0.25, -0.2) is 4.39 Å². The quantitative estimate of drug-likeness (QED) is 0.865. The number of carbonyl (C=O) groups excluding carboxylic acids is 1. The number of nitrogens with zero attached hydrogens (tertiary/aromatic N) is 1. The Morgan fingerprint density at radius 2 is 1.77 bits per heavy atom. The van der Waals surface area contributed by atoms with E-state index in [1.165, 1.54) is 17.7 Å². The number of nitrogens with one attached hydrogen (secondary N) is 1. The second-order valence-electron chi connectivity index (χ2n) is 6.68. The molecule has 0 bridgehead atoms. The SMILES string of the molecule is Cc1ccc(CC(=O)NC[C@@H](c2ccc(F)cc2)N2CCOCC2)cc1. The second kappa shape index (κ2) is 8.92. The van der Waals surface area contributed by atoms with Gasteiger partial charge in [-0.2, -0.15) is 0 Å². The third-order valence-electron chi connectivity index (χ3n) is 4.72. The van der Waals surface area contributed by atoms with E-state index in [0.29, 0.717) is 26.2 Å². The summed E-state index contributed by atoms with van der Waals surface area (Å²) in [7, 11) is 0. The van der Waals surface area contributed by atoms with E-state index < -0.39 is 0 Å². The molecule has 138 valence electrons. The van der Waals surface area contributed by atoms with E-state index in [1.807, 2.05) is 31.2 Å². The zero-order chi connectivity index (χ0) is 18.4. The Bertz CT molecular complexity index is 710. The van der Waals surface area contributed by atoms with Gasteiger partial charge in [-0.3, -0.25) is 9.69 Å². The van der Waals surface area contributed by atoms with Crippen LogP contribution in [0, 0.1) is 12.7 Å². The van der Waals surface area contributed by atoms with Crippen LogP contribution in [0.2, 0.25) is 0 Å². The van der Waals surface area contributed by atoms with Gasteiger partial charge in [0, 0.05) is 19.6 Å². The largest absolute Gasteiger partial charge is 0.379 e. The maximum atomic E-state index is 13.3. The van der Waals surface area contributed by atoms with Gasteiger partial charge in [0.15, 0.2) is 0 Å². The van der Waals surface area contributed by atoms with Gasteiger partial charge in [-0.15, -0.1) is 0 Å². The number of hydrogen-bond donors (Lipinski definition) is 1. The van der Waals surface area contributed by atoms with Crippen LogP contribution < -0.4 is 5.32 Å². The van der Waals surface area contributed by atoms with Crippen molar-refractivity contribution in [2.24, 2.45) is 0 Å². The summed E-state index contributed by atoms with van der Waals surface area (Å²) in [6.07, 6.45) is 0.361. The highest BCUT2D eigenvalue weighted by atomic mass is 19.1. The van der Waals surface area contributed by atoms with Crippen molar-refractivity contribution >= 4 is 5.91 Å². The molecule has 0 aromatic heterocycles. The Morgan fingerprint density at radius 3 is 2.42 bits per heavy atom. The maximum Gasteiger partial charge on any atom is 0.224 e. The fourth-order valence-corrected chi connectivity index (χ4v) is 3.20. The molecule has 0 saturated carbocycles. The first-order chi connectivity index (χ1) is 12.6. The average molecular weight is 356 g/mol. The van der Waals surface area contributed by atoms with Crippen LogP contribution in [0.3, 0.4) is 0 Å². The number of halogens is 1. The van der Waals surface area contributed by atoms with Crippen molar-refractivity contribution in [2.45, 2.75) is 19.4 Å². The molecule has 1 aliphatic heterocycles. The van der Waals surface area contributed by atoms with E-state index in [2.05, 4.69) is 10.2 Å². The lowest BCUT2D eigenvalue weighted by atomic mass is 10.0. The highest BCUT2D eigenvalue weighted by molar-refractivity contribution is 5.78. The number of aryl methyl sites for hydroxylation is 1. The smallest absolute Gasteiger partial charge is 0.224 e. The van der Waals surface area contributed by atoms with Crippen molar-refractivity contribution in [3.05, 3.63) is 71.0 Å². The Hall–Kier alpha value is -2.24. The molecule has 3 rings (SSSR count). The number of carbonyl (C=O) groups is 1. The number of morpholine rings is 1. The summed E-state index contributed by atoms with van der Waals surface area (Å²) in [5.74, 6) is -0.257. The predicted octanol–water partition coefficient (Wildman–Crippen LogP) is 2.87. The summed E-state index contributed by atoms with van der Waals surface area (Å²) in [5.41, 5.74) is 3.18. The highest BCUT2D eigenvalue weighted by Crippen LogP contribution is 2.21. The molecule has 1 aliphatic rings. The van der Waals surface area contributed by atoms with Gasteiger partial charge >= 0.3 is 0 Å². The van der Waals surface area contributed by atoms with Crippen molar-refractivity contribution in [1.29, 1.82) is 0 Å². The minimum Gasteiger partial charge on any atom is -0.379 e. The molecule has 1 amide bonds. The summed E-state index contributed by atoms with van der Waals surface area (Å²) >= 11 is 0. The summed E-state index contributed by atoms with van der Waals surface area (Å²) in [6.45, 7) is 5.48. The standard InChI is InChI=1S/C21H25FN2O2/c1-16-2-4-17(5-3-16)14-21(25)23-15-20(24-10-12-26-13-11-24)18-6-8-19(22)9-7-18/h2-9,20H,10-15H2,1H3,(H,23,25)/t20-/m0/s1. The maximum absolute atomic E-state index is 13.3. The van der Waals surface area contributed by atoms with Crippen LogP contribution in [0.15, 0.2) is 48.5 Å². The Labute approximate surface area is 154 Å². The molecular formula is C21H25FN2O2. The average Bonchev–Trinajstić information content (AvgIpc) is 2.66. The first-order valence-corrected chi connectivity index (χ1v) is 9.01. The zero-order valence-electron chi connectivity index (χ0n) is 15.1. The number of benzene rings is 2. The molecule has 0 spiro atoms. The monoisotopic (exact) mass is 356 g/mol. The van der Waals surface area contributed by atoms with Gasteiger partial charge in [0.25, 0.3) is 0 Å². The summed E-state index contributed by atoms with van der Waals surface area (Å²) in [4.78, 5) is 14.6. The Balaban J connectivity index is 1.64. The van der Waals surface area contributed by atoms with Crippen LogP contribution in [0.25, 0.3) is 0 Å². The van der Waals surface area contributed by atoms with E-state index in [4.69, 9.17) is 4.74 Å². The molecule has 2 aromatic carbocycles. The summed E-state index contributed by atoms with van der Waals surface area (Å²) in [5, 5.41) is 3.04. The van der Waals surface area contributed by atoms with Crippen molar-refractivity contribution in [2.75, 3.05) is 32.8 Å². The summed E-state index contributed by atoms with van der Waals surface area (Å²) in [6, 6.07) is 14.5. The molecule has 0 radical (unpaired) electrons. The minimum absolute atomic E-state index is 0.00535. The van der Waals surface area contributed by atoms with Gasteiger partial charge < -0.3 is 10.1 Å². The van der Waals surface area contributed by atoms with E-state index in [9.17, 15) is 9.18 Å². The van der Waals surface area contributed by atoms with Crippen LogP contribution in [0.5, 0.6) is 0 Å². The lowest BCUT2D eigenvalue weighted by molar-refractivity contribution is -0.120. The molecule has 1 heterocycles.